The average Bonchev–Trinajstić information content (AvgIpc) is 2.71. The van der Waals surface area contributed by atoms with Crippen LogP contribution in [0, 0.1) is 0 Å². The lowest BCUT2D eigenvalue weighted by Gasteiger charge is -2.04. The summed E-state index contributed by atoms with van der Waals surface area (Å²) in [5.41, 5.74) is 7.85. The van der Waals surface area contributed by atoms with Gasteiger partial charge in [0.25, 0.3) is 0 Å². The number of rotatable bonds is 5. The number of nitrogens with one attached hydrogen (secondary N) is 1. The van der Waals surface area contributed by atoms with Crippen molar-refractivity contribution in [2.75, 3.05) is 17.6 Å². The molecule has 1 aromatic heterocycles. The first-order chi connectivity index (χ1) is 8.24. The van der Waals surface area contributed by atoms with Gasteiger partial charge in [0.15, 0.2) is 0 Å². The van der Waals surface area contributed by atoms with E-state index in [1.54, 1.807) is 4.68 Å². The van der Waals surface area contributed by atoms with Gasteiger partial charge in [-0.3, -0.25) is 4.68 Å². The Kier molecular flexibility index (Phi) is 3.65. The van der Waals surface area contributed by atoms with Crippen LogP contribution in [0.3, 0.4) is 0 Å². The Morgan fingerprint density at radius 3 is 2.94 bits per heavy atom. The van der Waals surface area contributed by atoms with E-state index in [0.29, 0.717) is 0 Å². The number of hydrogen-bond acceptors (Lipinski definition) is 3. The Bertz CT molecular complexity index is 476. The fourth-order valence-electron chi connectivity index (χ4n) is 1.77. The normalized spacial score (nSPS) is 10.4. The van der Waals surface area contributed by atoms with Gasteiger partial charge in [-0.25, -0.2) is 0 Å². The highest BCUT2D eigenvalue weighted by Gasteiger charge is 1.96. The van der Waals surface area contributed by atoms with Crippen LogP contribution < -0.4 is 11.1 Å². The minimum absolute atomic E-state index is 0.834. The van der Waals surface area contributed by atoms with Crippen LogP contribution in [0.15, 0.2) is 36.5 Å². The highest BCUT2D eigenvalue weighted by atomic mass is 15.3. The zero-order valence-electron chi connectivity index (χ0n) is 10.1. The van der Waals surface area contributed by atoms with E-state index >= 15 is 0 Å². The number of aryl methyl sites for hydroxylation is 2. The second-order valence-corrected chi connectivity index (χ2v) is 4.15. The molecule has 0 saturated carbocycles. The molecular weight excluding hydrogens is 212 g/mol. The van der Waals surface area contributed by atoms with Gasteiger partial charge in [0.1, 0.15) is 5.82 Å². The third kappa shape index (κ3) is 3.52. The quantitative estimate of drug-likeness (QED) is 0.610. The molecule has 0 amide bonds. The Morgan fingerprint density at radius 1 is 1.35 bits per heavy atom. The van der Waals surface area contributed by atoms with Crippen molar-refractivity contribution in [2.24, 2.45) is 7.05 Å². The molecule has 0 saturated heterocycles. The van der Waals surface area contributed by atoms with E-state index < -0.39 is 0 Å². The molecule has 0 bridgehead atoms. The first kappa shape index (κ1) is 11.5. The Hall–Kier alpha value is -1.97. The lowest BCUT2D eigenvalue weighted by atomic mass is 10.1. The van der Waals surface area contributed by atoms with Gasteiger partial charge in [-0.15, -0.1) is 0 Å². The predicted molar refractivity (Wildman–Crippen MR) is 70.9 cm³/mol. The summed E-state index contributed by atoms with van der Waals surface area (Å²) >= 11 is 0. The summed E-state index contributed by atoms with van der Waals surface area (Å²) in [6, 6.07) is 10.0. The van der Waals surface area contributed by atoms with Crippen LogP contribution in [-0.2, 0) is 13.5 Å². The minimum atomic E-state index is 0.834. The van der Waals surface area contributed by atoms with Crippen molar-refractivity contribution in [1.82, 2.24) is 9.78 Å². The second-order valence-electron chi connectivity index (χ2n) is 4.15. The molecule has 3 N–H and O–H groups in total. The fourth-order valence-corrected chi connectivity index (χ4v) is 1.77. The van der Waals surface area contributed by atoms with Crippen LogP contribution in [0.4, 0.5) is 11.5 Å². The molecule has 90 valence electrons. The molecule has 0 spiro atoms. The van der Waals surface area contributed by atoms with Crippen molar-refractivity contribution in [2.45, 2.75) is 12.8 Å². The van der Waals surface area contributed by atoms with Gasteiger partial charge >= 0.3 is 0 Å². The van der Waals surface area contributed by atoms with Crippen LogP contribution in [0.1, 0.15) is 12.0 Å². The smallest absolute Gasteiger partial charge is 0.147 e. The number of nitrogen functional groups attached to an aromatic ring is 1. The minimum Gasteiger partial charge on any atom is -0.399 e. The molecule has 4 nitrogen and oxygen atoms in total. The first-order valence-corrected chi connectivity index (χ1v) is 5.82. The first-order valence-electron chi connectivity index (χ1n) is 5.82. The van der Waals surface area contributed by atoms with E-state index in [1.165, 1.54) is 5.56 Å². The van der Waals surface area contributed by atoms with Gasteiger partial charge in [-0.2, -0.15) is 5.10 Å². The SMILES string of the molecule is Cn1ccc(NCCCc2cccc(N)c2)n1. The van der Waals surface area contributed by atoms with Gasteiger partial charge in [0.05, 0.1) is 0 Å². The fraction of sp³-hybridized carbons (Fsp3) is 0.308. The number of benzene rings is 1. The zero-order chi connectivity index (χ0) is 12.1. The maximum atomic E-state index is 5.73. The lowest BCUT2D eigenvalue weighted by molar-refractivity contribution is 0.764. The standard InChI is InChI=1S/C13H18N4/c1-17-9-7-13(16-17)15-8-3-5-11-4-2-6-12(14)10-11/h2,4,6-7,9-10H,3,5,8,14H2,1H3,(H,15,16). The Balaban J connectivity index is 1.73. The summed E-state index contributed by atoms with van der Waals surface area (Å²) in [6.45, 7) is 0.922. The molecule has 0 aliphatic heterocycles. The topological polar surface area (TPSA) is 55.9 Å². The van der Waals surface area contributed by atoms with E-state index in [1.807, 2.05) is 37.5 Å². The third-order valence-corrected chi connectivity index (χ3v) is 2.61. The van der Waals surface area contributed by atoms with Crippen LogP contribution in [0.2, 0.25) is 0 Å². The highest BCUT2D eigenvalue weighted by Crippen LogP contribution is 2.09. The number of nitrogens with zero attached hydrogens (tertiary/aromatic N) is 2. The van der Waals surface area contributed by atoms with E-state index in [9.17, 15) is 0 Å². The number of anilines is 2. The van der Waals surface area contributed by atoms with Crippen molar-refractivity contribution in [3.05, 3.63) is 42.1 Å². The van der Waals surface area contributed by atoms with Crippen molar-refractivity contribution < 1.29 is 0 Å². The summed E-state index contributed by atoms with van der Waals surface area (Å²) < 4.78 is 1.79. The molecule has 17 heavy (non-hydrogen) atoms. The Morgan fingerprint density at radius 2 is 2.24 bits per heavy atom. The molecule has 2 rings (SSSR count). The van der Waals surface area contributed by atoms with E-state index in [4.69, 9.17) is 5.73 Å². The van der Waals surface area contributed by atoms with E-state index in [-0.39, 0.29) is 0 Å². The molecule has 1 heterocycles. The van der Waals surface area contributed by atoms with Crippen LogP contribution in [-0.4, -0.2) is 16.3 Å². The summed E-state index contributed by atoms with van der Waals surface area (Å²) in [4.78, 5) is 0. The summed E-state index contributed by atoms with van der Waals surface area (Å²) in [6.07, 6.45) is 4.03. The molecule has 4 heteroatoms. The average molecular weight is 230 g/mol. The Labute approximate surface area is 101 Å². The second kappa shape index (κ2) is 5.39. The molecule has 0 fully saturated rings. The molecular formula is C13H18N4. The number of hydrogen-bond donors (Lipinski definition) is 2. The molecule has 1 aromatic carbocycles. The van der Waals surface area contributed by atoms with Gasteiger partial charge < -0.3 is 11.1 Å². The van der Waals surface area contributed by atoms with Crippen molar-refractivity contribution >= 4 is 11.5 Å². The maximum absolute atomic E-state index is 5.73. The van der Waals surface area contributed by atoms with Gasteiger partial charge in [-0.1, -0.05) is 12.1 Å². The molecule has 0 atom stereocenters. The molecule has 0 unspecified atom stereocenters. The summed E-state index contributed by atoms with van der Waals surface area (Å²) in [5, 5.41) is 7.54. The monoisotopic (exact) mass is 230 g/mol. The maximum Gasteiger partial charge on any atom is 0.147 e. The molecule has 0 aliphatic rings. The zero-order valence-corrected chi connectivity index (χ0v) is 10.1. The van der Waals surface area contributed by atoms with E-state index in [2.05, 4.69) is 16.5 Å². The van der Waals surface area contributed by atoms with Gasteiger partial charge in [-0.05, 0) is 30.5 Å². The van der Waals surface area contributed by atoms with Crippen LogP contribution in [0.25, 0.3) is 0 Å². The largest absolute Gasteiger partial charge is 0.399 e. The summed E-state index contributed by atoms with van der Waals surface area (Å²) in [7, 11) is 1.91. The lowest BCUT2D eigenvalue weighted by Crippen LogP contribution is -2.04. The van der Waals surface area contributed by atoms with Crippen molar-refractivity contribution in [3.63, 3.8) is 0 Å². The third-order valence-electron chi connectivity index (χ3n) is 2.61. The van der Waals surface area contributed by atoms with E-state index in [0.717, 1.165) is 30.9 Å². The number of aromatic nitrogens is 2. The van der Waals surface area contributed by atoms with Gasteiger partial charge in [0.2, 0.25) is 0 Å². The molecule has 2 aromatic rings. The molecule has 0 aliphatic carbocycles. The van der Waals surface area contributed by atoms with Crippen LogP contribution in [0.5, 0.6) is 0 Å². The van der Waals surface area contributed by atoms with Gasteiger partial charge in [0, 0.05) is 31.5 Å². The molecule has 0 radical (unpaired) electrons. The van der Waals surface area contributed by atoms with Crippen LogP contribution >= 0.6 is 0 Å². The predicted octanol–water partition coefficient (Wildman–Crippen LogP) is 2.05. The highest BCUT2D eigenvalue weighted by molar-refractivity contribution is 5.40. The van der Waals surface area contributed by atoms with Crippen molar-refractivity contribution in [1.29, 1.82) is 0 Å². The van der Waals surface area contributed by atoms with Crippen molar-refractivity contribution in [3.8, 4) is 0 Å². The number of nitrogens with two attached hydrogens (primary N) is 1. The summed E-state index contributed by atoms with van der Waals surface area (Å²) in [5.74, 6) is 0.931.